The van der Waals surface area contributed by atoms with Gasteiger partial charge >= 0.3 is 5.97 Å². The Morgan fingerprint density at radius 1 is 1.29 bits per heavy atom. The van der Waals surface area contributed by atoms with E-state index in [4.69, 9.17) is 14.2 Å². The zero-order valence-corrected chi connectivity index (χ0v) is 16.5. The highest BCUT2D eigenvalue weighted by molar-refractivity contribution is 5.96. The normalized spacial score (nSPS) is 31.4. The van der Waals surface area contributed by atoms with Crippen molar-refractivity contribution < 1.29 is 28.9 Å². The van der Waals surface area contributed by atoms with Crippen LogP contribution < -0.4 is 4.74 Å². The van der Waals surface area contributed by atoms with E-state index in [1.54, 1.807) is 6.07 Å². The number of hydrogen-bond donors (Lipinski definition) is 1. The highest BCUT2D eigenvalue weighted by Crippen LogP contribution is 2.60. The number of fused-ring (bicyclic) bond motifs is 1. The molecule has 0 aromatic heterocycles. The van der Waals surface area contributed by atoms with Crippen molar-refractivity contribution in [1.82, 2.24) is 4.90 Å². The van der Waals surface area contributed by atoms with Gasteiger partial charge in [-0.25, -0.2) is 0 Å². The van der Waals surface area contributed by atoms with Crippen LogP contribution in [0.4, 0.5) is 0 Å². The van der Waals surface area contributed by atoms with Crippen LogP contribution in [0.1, 0.15) is 37.0 Å². The molecule has 3 aliphatic rings. The number of allylic oxidation sites excluding steroid dienone is 1. The molecule has 7 nitrogen and oxygen atoms in total. The molecule has 4 rings (SSSR count). The number of ether oxygens (including phenoxy) is 3. The number of methoxy groups -OCH3 is 2. The summed E-state index contributed by atoms with van der Waals surface area (Å²) in [6.45, 7) is 2.10. The molecule has 1 fully saturated rings. The van der Waals surface area contributed by atoms with E-state index in [1.165, 1.54) is 21.1 Å². The molecule has 2 aliphatic carbocycles. The van der Waals surface area contributed by atoms with E-state index in [-0.39, 0.29) is 35.9 Å². The van der Waals surface area contributed by atoms with Crippen LogP contribution in [0.3, 0.4) is 0 Å². The molecule has 4 unspecified atom stereocenters. The van der Waals surface area contributed by atoms with Gasteiger partial charge in [-0.05, 0) is 32.2 Å². The molecular weight excluding hydrogens is 362 g/mol. The second-order valence-corrected chi connectivity index (χ2v) is 7.85. The van der Waals surface area contributed by atoms with Crippen molar-refractivity contribution in [2.45, 2.75) is 37.3 Å². The van der Waals surface area contributed by atoms with Gasteiger partial charge in [0.15, 0.2) is 23.0 Å². The number of Topliss-reactive ketones (excluding diaryl/α,β-unsaturated/α-hetero) is 1. The number of hydrogen-bond acceptors (Lipinski definition) is 7. The third kappa shape index (κ3) is 2.45. The Labute approximate surface area is 163 Å². The van der Waals surface area contributed by atoms with Gasteiger partial charge in [-0.3, -0.25) is 14.5 Å². The van der Waals surface area contributed by atoms with Crippen molar-refractivity contribution in [2.24, 2.45) is 5.92 Å². The van der Waals surface area contributed by atoms with Crippen molar-refractivity contribution in [3.05, 3.63) is 35.1 Å². The fraction of sp³-hybridized carbons (Fsp3) is 0.524. The van der Waals surface area contributed by atoms with Crippen molar-refractivity contribution >= 4 is 11.8 Å². The minimum absolute atomic E-state index is 0.0206. The number of carbonyl (C=O) groups excluding carboxylic acids is 2. The van der Waals surface area contributed by atoms with Gasteiger partial charge in [-0.2, -0.15) is 0 Å². The SMILES string of the molecule is COC1=CC2C3C(OC(C)=O)c4ccc(OC)c(O)c4C2(CCN3C)CC1=O. The van der Waals surface area contributed by atoms with Gasteiger partial charge in [0, 0.05) is 35.8 Å². The summed E-state index contributed by atoms with van der Waals surface area (Å²) in [6.07, 6.45) is 2.23. The number of likely N-dealkylation sites (tertiary alicyclic amines) is 1. The summed E-state index contributed by atoms with van der Waals surface area (Å²) in [5.41, 5.74) is 0.816. The molecule has 28 heavy (non-hydrogen) atoms. The van der Waals surface area contributed by atoms with E-state index in [0.717, 1.165) is 12.1 Å². The zero-order chi connectivity index (χ0) is 20.2. The minimum atomic E-state index is -0.582. The van der Waals surface area contributed by atoms with Crippen molar-refractivity contribution in [1.29, 1.82) is 0 Å². The second kappa shape index (κ2) is 6.51. The number of phenolic OH excluding ortho intramolecular Hbond substituents is 1. The molecule has 0 spiro atoms. The van der Waals surface area contributed by atoms with Gasteiger partial charge < -0.3 is 19.3 Å². The number of piperidine rings is 1. The van der Waals surface area contributed by atoms with E-state index < -0.39 is 11.5 Å². The van der Waals surface area contributed by atoms with E-state index in [9.17, 15) is 14.7 Å². The molecule has 1 saturated heterocycles. The Balaban J connectivity index is 2.02. The summed E-state index contributed by atoms with van der Waals surface area (Å²) >= 11 is 0. The predicted octanol–water partition coefficient (Wildman–Crippen LogP) is 2.08. The maximum absolute atomic E-state index is 12.8. The van der Waals surface area contributed by atoms with Crippen LogP contribution in [0.25, 0.3) is 0 Å². The molecule has 1 heterocycles. The minimum Gasteiger partial charge on any atom is -0.504 e. The topological polar surface area (TPSA) is 85.3 Å². The van der Waals surface area contributed by atoms with E-state index >= 15 is 0 Å². The lowest BCUT2D eigenvalue weighted by atomic mass is 9.52. The Bertz CT molecular complexity index is 878. The highest BCUT2D eigenvalue weighted by atomic mass is 16.5. The molecular formula is C21H25NO6. The fourth-order valence-electron chi connectivity index (χ4n) is 5.38. The van der Waals surface area contributed by atoms with Gasteiger partial charge in [0.05, 0.1) is 20.3 Å². The van der Waals surface area contributed by atoms with Crippen molar-refractivity contribution in [2.75, 3.05) is 27.8 Å². The van der Waals surface area contributed by atoms with Gasteiger partial charge in [0.25, 0.3) is 0 Å². The molecule has 2 bridgehead atoms. The Kier molecular flexibility index (Phi) is 4.38. The summed E-state index contributed by atoms with van der Waals surface area (Å²) in [7, 11) is 4.98. The average Bonchev–Trinajstić information content (AvgIpc) is 2.65. The molecule has 1 aliphatic heterocycles. The quantitative estimate of drug-likeness (QED) is 0.795. The molecule has 0 saturated carbocycles. The third-order valence-electron chi connectivity index (χ3n) is 6.53. The molecule has 7 heteroatoms. The van der Waals surface area contributed by atoms with E-state index in [0.29, 0.717) is 23.5 Å². The van der Waals surface area contributed by atoms with Gasteiger partial charge in [0.1, 0.15) is 6.10 Å². The first-order valence-corrected chi connectivity index (χ1v) is 9.41. The molecule has 0 amide bonds. The van der Waals surface area contributed by atoms with Crippen LogP contribution in [-0.2, 0) is 24.5 Å². The first-order chi connectivity index (χ1) is 13.3. The maximum Gasteiger partial charge on any atom is 0.303 e. The smallest absolute Gasteiger partial charge is 0.303 e. The van der Waals surface area contributed by atoms with Crippen molar-refractivity contribution in [3.8, 4) is 11.5 Å². The summed E-state index contributed by atoms with van der Waals surface area (Å²) in [5.74, 6) is 0.0795. The predicted molar refractivity (Wildman–Crippen MR) is 100 cm³/mol. The lowest BCUT2D eigenvalue weighted by Gasteiger charge is -2.58. The van der Waals surface area contributed by atoms with Crippen LogP contribution in [0.2, 0.25) is 0 Å². The van der Waals surface area contributed by atoms with Crippen LogP contribution in [0.15, 0.2) is 24.0 Å². The summed E-state index contributed by atoms with van der Waals surface area (Å²) in [6, 6.07) is 3.36. The maximum atomic E-state index is 12.8. The first kappa shape index (κ1) is 18.8. The lowest BCUT2D eigenvalue weighted by Crippen LogP contribution is -2.62. The number of carbonyl (C=O) groups is 2. The Hall–Kier alpha value is -2.54. The van der Waals surface area contributed by atoms with Crippen LogP contribution >= 0.6 is 0 Å². The Morgan fingerprint density at radius 2 is 2.04 bits per heavy atom. The number of nitrogens with zero attached hydrogens (tertiary/aromatic N) is 1. The fourth-order valence-corrected chi connectivity index (χ4v) is 5.38. The number of rotatable bonds is 3. The monoisotopic (exact) mass is 387 g/mol. The van der Waals surface area contributed by atoms with E-state index in [2.05, 4.69) is 4.90 Å². The van der Waals surface area contributed by atoms with E-state index in [1.807, 2.05) is 19.2 Å². The molecule has 4 atom stereocenters. The van der Waals surface area contributed by atoms with Gasteiger partial charge in [-0.1, -0.05) is 6.07 Å². The standard InChI is InChI=1S/C21H25NO6/c1-11(23)28-20-12-5-6-15(26-3)19(25)17(12)21-7-8-22(2)18(20)13(21)9-16(27-4)14(24)10-21/h5-6,9,13,18,20,25H,7-8,10H2,1-4H3. The average molecular weight is 387 g/mol. The second-order valence-electron chi connectivity index (χ2n) is 7.85. The third-order valence-corrected chi connectivity index (χ3v) is 6.53. The van der Waals surface area contributed by atoms with Crippen LogP contribution in [0.5, 0.6) is 11.5 Å². The van der Waals surface area contributed by atoms with Crippen LogP contribution in [-0.4, -0.2) is 55.6 Å². The molecule has 1 N–H and O–H groups in total. The molecule has 150 valence electrons. The molecule has 1 aromatic rings. The number of likely N-dealkylation sites (N-methyl/N-ethyl adjacent to an activating group) is 1. The summed E-state index contributed by atoms with van der Waals surface area (Å²) in [5, 5.41) is 11.1. The summed E-state index contributed by atoms with van der Waals surface area (Å²) < 4.78 is 16.4. The lowest BCUT2D eigenvalue weighted by molar-refractivity contribution is -0.156. The first-order valence-electron chi connectivity index (χ1n) is 9.41. The van der Waals surface area contributed by atoms with Crippen LogP contribution in [0, 0.1) is 5.92 Å². The number of ketones is 1. The number of phenols is 1. The van der Waals surface area contributed by atoms with Gasteiger partial charge in [-0.15, -0.1) is 0 Å². The summed E-state index contributed by atoms with van der Waals surface area (Å²) in [4.78, 5) is 26.9. The largest absolute Gasteiger partial charge is 0.504 e. The number of aromatic hydroxyl groups is 1. The Morgan fingerprint density at radius 3 is 2.68 bits per heavy atom. The number of esters is 1. The number of benzene rings is 1. The van der Waals surface area contributed by atoms with Crippen molar-refractivity contribution in [3.63, 3.8) is 0 Å². The highest BCUT2D eigenvalue weighted by Gasteiger charge is 2.60. The molecule has 0 radical (unpaired) electrons. The van der Waals surface area contributed by atoms with Gasteiger partial charge in [0.2, 0.25) is 0 Å². The zero-order valence-electron chi connectivity index (χ0n) is 16.5. The molecule has 1 aromatic carbocycles.